The number of nitrogens with one attached hydrogen (secondary N) is 1. The number of thioether (sulfide) groups is 1. The predicted molar refractivity (Wildman–Crippen MR) is 125 cm³/mol. The minimum atomic E-state index is -3.89. The van der Waals surface area contributed by atoms with E-state index in [1.165, 1.54) is 28.8 Å². The lowest BCUT2D eigenvalue weighted by Gasteiger charge is -2.23. The largest absolute Gasteiger partial charge is 0.362 e. The standard InChI is InChI=1S/C22H24N4O4S2/c1-25-12-6-11-20(25)24-32(29,30)18-10-5-9-17(13-18)23-21(27)19-14-31-15-26(19)22(28)16-7-3-2-4-8-16/h2-5,7-10,13,19H,6,11-12,14-15H2,1H3,(H,23,27)/b24-20+/t19-/m0/s1. The van der Waals surface area contributed by atoms with Crippen LogP contribution in [0.5, 0.6) is 0 Å². The number of hydrogen-bond acceptors (Lipinski definition) is 5. The second-order valence-electron chi connectivity index (χ2n) is 7.68. The maximum absolute atomic E-state index is 12.9. The summed E-state index contributed by atoms with van der Waals surface area (Å²) in [6.07, 6.45) is 1.50. The molecule has 1 atom stereocenters. The van der Waals surface area contributed by atoms with Crippen molar-refractivity contribution in [2.24, 2.45) is 4.40 Å². The fourth-order valence-corrected chi connectivity index (χ4v) is 5.96. The van der Waals surface area contributed by atoms with E-state index in [-0.39, 0.29) is 16.7 Å². The van der Waals surface area contributed by atoms with Crippen LogP contribution in [0.15, 0.2) is 63.9 Å². The van der Waals surface area contributed by atoms with Crippen molar-refractivity contribution in [1.29, 1.82) is 0 Å². The number of nitrogens with zero attached hydrogens (tertiary/aromatic N) is 3. The summed E-state index contributed by atoms with van der Waals surface area (Å²) in [4.78, 5) is 29.2. The molecular formula is C22H24N4O4S2. The maximum atomic E-state index is 12.9. The molecule has 2 heterocycles. The van der Waals surface area contributed by atoms with E-state index >= 15 is 0 Å². The molecule has 2 amide bonds. The Balaban J connectivity index is 1.50. The zero-order chi connectivity index (χ0) is 22.7. The van der Waals surface area contributed by atoms with Crippen LogP contribution in [0.3, 0.4) is 0 Å². The summed E-state index contributed by atoms with van der Waals surface area (Å²) in [5.41, 5.74) is 0.872. The van der Waals surface area contributed by atoms with Crippen LogP contribution in [-0.4, -0.2) is 67.1 Å². The number of anilines is 1. The van der Waals surface area contributed by atoms with Crippen molar-refractivity contribution in [3.05, 3.63) is 60.2 Å². The molecule has 0 unspecified atom stereocenters. The smallest absolute Gasteiger partial charge is 0.284 e. The molecule has 0 spiro atoms. The molecular weight excluding hydrogens is 448 g/mol. The lowest BCUT2D eigenvalue weighted by molar-refractivity contribution is -0.119. The number of carbonyl (C=O) groups is 2. The van der Waals surface area contributed by atoms with E-state index in [9.17, 15) is 18.0 Å². The Morgan fingerprint density at radius 2 is 1.91 bits per heavy atom. The number of sulfonamides is 1. The van der Waals surface area contributed by atoms with E-state index in [4.69, 9.17) is 0 Å². The SMILES string of the molecule is CN1CCC/C1=N\S(=O)(=O)c1cccc(NC(=O)[C@@H]2CSCN2C(=O)c2ccccc2)c1. The van der Waals surface area contributed by atoms with Gasteiger partial charge in [-0.15, -0.1) is 16.2 Å². The summed E-state index contributed by atoms with van der Waals surface area (Å²) < 4.78 is 29.5. The Morgan fingerprint density at radius 3 is 2.62 bits per heavy atom. The zero-order valence-corrected chi connectivity index (χ0v) is 19.2. The molecule has 1 N–H and O–H groups in total. The Bertz CT molecular complexity index is 1150. The topological polar surface area (TPSA) is 99.2 Å². The van der Waals surface area contributed by atoms with Crippen molar-refractivity contribution in [2.45, 2.75) is 23.8 Å². The van der Waals surface area contributed by atoms with Crippen LogP contribution in [-0.2, 0) is 14.8 Å². The molecule has 168 valence electrons. The summed E-state index contributed by atoms with van der Waals surface area (Å²) in [5, 5.41) is 2.77. The predicted octanol–water partition coefficient (Wildman–Crippen LogP) is 2.65. The highest BCUT2D eigenvalue weighted by molar-refractivity contribution is 7.99. The number of amidine groups is 1. The van der Waals surface area contributed by atoms with Crippen LogP contribution in [0.1, 0.15) is 23.2 Å². The summed E-state index contributed by atoms with van der Waals surface area (Å²) in [7, 11) is -2.07. The molecule has 2 aromatic rings. The minimum absolute atomic E-state index is 0.0149. The van der Waals surface area contributed by atoms with Crippen LogP contribution in [0.2, 0.25) is 0 Å². The molecule has 2 aliphatic heterocycles. The first-order chi connectivity index (χ1) is 15.3. The van der Waals surface area contributed by atoms with Crippen molar-refractivity contribution in [2.75, 3.05) is 30.5 Å². The van der Waals surface area contributed by atoms with Gasteiger partial charge >= 0.3 is 0 Å². The van der Waals surface area contributed by atoms with Gasteiger partial charge in [0.05, 0.1) is 10.8 Å². The van der Waals surface area contributed by atoms with Crippen LogP contribution >= 0.6 is 11.8 Å². The van der Waals surface area contributed by atoms with Crippen LogP contribution < -0.4 is 5.32 Å². The lowest BCUT2D eigenvalue weighted by Crippen LogP contribution is -2.44. The summed E-state index contributed by atoms with van der Waals surface area (Å²) >= 11 is 1.50. The van der Waals surface area contributed by atoms with Gasteiger partial charge in [-0.1, -0.05) is 24.3 Å². The Morgan fingerprint density at radius 1 is 1.12 bits per heavy atom. The fourth-order valence-electron chi connectivity index (χ4n) is 3.67. The normalized spacial score (nSPS) is 20.0. The van der Waals surface area contributed by atoms with Gasteiger partial charge in [-0.05, 0) is 36.8 Å². The Labute approximate surface area is 191 Å². The molecule has 0 aromatic heterocycles. The monoisotopic (exact) mass is 472 g/mol. The highest BCUT2D eigenvalue weighted by atomic mass is 32.2. The first-order valence-electron chi connectivity index (χ1n) is 10.2. The fraction of sp³-hybridized carbons (Fsp3) is 0.318. The van der Waals surface area contributed by atoms with Gasteiger partial charge in [0.2, 0.25) is 5.91 Å². The van der Waals surface area contributed by atoms with E-state index in [2.05, 4.69) is 9.71 Å². The highest BCUT2D eigenvalue weighted by Crippen LogP contribution is 2.25. The molecule has 32 heavy (non-hydrogen) atoms. The molecule has 2 fully saturated rings. The number of hydrogen-bond donors (Lipinski definition) is 1. The van der Waals surface area contributed by atoms with Crippen LogP contribution in [0, 0.1) is 0 Å². The van der Waals surface area contributed by atoms with E-state index in [0.29, 0.717) is 35.1 Å². The highest BCUT2D eigenvalue weighted by Gasteiger charge is 2.35. The molecule has 0 bridgehead atoms. The molecule has 2 aliphatic rings. The van der Waals surface area contributed by atoms with Crippen molar-refractivity contribution in [3.8, 4) is 0 Å². The molecule has 0 saturated carbocycles. The second kappa shape index (κ2) is 9.33. The molecule has 0 radical (unpaired) electrons. The molecule has 8 nitrogen and oxygen atoms in total. The quantitative estimate of drug-likeness (QED) is 0.718. The van der Waals surface area contributed by atoms with Gasteiger partial charge in [0.15, 0.2) is 0 Å². The first kappa shape index (κ1) is 22.3. The van der Waals surface area contributed by atoms with Crippen molar-refractivity contribution >= 4 is 45.1 Å². The molecule has 10 heteroatoms. The molecule has 0 aliphatic carbocycles. The zero-order valence-electron chi connectivity index (χ0n) is 17.6. The summed E-state index contributed by atoms with van der Waals surface area (Å²) in [5.74, 6) is 0.880. The second-order valence-corrected chi connectivity index (χ2v) is 10.3. The van der Waals surface area contributed by atoms with Crippen molar-refractivity contribution in [1.82, 2.24) is 9.80 Å². The van der Waals surface area contributed by atoms with Crippen molar-refractivity contribution in [3.63, 3.8) is 0 Å². The minimum Gasteiger partial charge on any atom is -0.362 e. The van der Waals surface area contributed by atoms with Gasteiger partial charge in [-0.2, -0.15) is 8.42 Å². The van der Waals surface area contributed by atoms with Gasteiger partial charge < -0.3 is 15.1 Å². The lowest BCUT2D eigenvalue weighted by atomic mass is 10.1. The Hall–Kier alpha value is -2.85. The first-order valence-corrected chi connectivity index (χ1v) is 12.8. The van der Waals surface area contributed by atoms with Gasteiger partial charge in [0.25, 0.3) is 15.9 Å². The molecule has 4 rings (SSSR count). The number of rotatable bonds is 5. The van der Waals surface area contributed by atoms with E-state index in [0.717, 1.165) is 13.0 Å². The summed E-state index contributed by atoms with van der Waals surface area (Å²) in [6.45, 7) is 0.780. The van der Waals surface area contributed by atoms with Gasteiger partial charge in [0.1, 0.15) is 11.9 Å². The van der Waals surface area contributed by atoms with Crippen molar-refractivity contribution < 1.29 is 18.0 Å². The van der Waals surface area contributed by atoms with Gasteiger partial charge in [-0.25, -0.2) is 0 Å². The number of benzene rings is 2. The molecule has 2 saturated heterocycles. The van der Waals surface area contributed by atoms with Gasteiger partial charge in [-0.3, -0.25) is 9.59 Å². The Kier molecular flexibility index (Phi) is 6.52. The third kappa shape index (κ3) is 4.81. The number of carbonyl (C=O) groups excluding carboxylic acids is 2. The maximum Gasteiger partial charge on any atom is 0.284 e. The average Bonchev–Trinajstić information content (AvgIpc) is 3.43. The van der Waals surface area contributed by atoms with Gasteiger partial charge in [0, 0.05) is 37.0 Å². The van der Waals surface area contributed by atoms with Crippen LogP contribution in [0.25, 0.3) is 0 Å². The average molecular weight is 473 g/mol. The van der Waals surface area contributed by atoms with Crippen LogP contribution in [0.4, 0.5) is 5.69 Å². The third-order valence-corrected chi connectivity index (χ3v) is 7.74. The molecule has 2 aromatic carbocycles. The van der Waals surface area contributed by atoms with E-state index < -0.39 is 16.1 Å². The third-order valence-electron chi connectivity index (χ3n) is 5.43. The van der Waals surface area contributed by atoms with E-state index in [1.54, 1.807) is 36.4 Å². The number of likely N-dealkylation sites (tertiary alicyclic amines) is 1. The number of amides is 2. The summed E-state index contributed by atoms with van der Waals surface area (Å²) in [6, 6.07) is 14.2. The van der Waals surface area contributed by atoms with E-state index in [1.807, 2.05) is 18.0 Å².